The van der Waals surface area contributed by atoms with Gasteiger partial charge in [-0.05, 0) is 31.4 Å². The van der Waals surface area contributed by atoms with E-state index in [0.717, 1.165) is 6.42 Å². The Morgan fingerprint density at radius 1 is 1.41 bits per heavy atom. The summed E-state index contributed by atoms with van der Waals surface area (Å²) in [7, 11) is 0. The lowest BCUT2D eigenvalue weighted by atomic mass is 10.1. The van der Waals surface area contributed by atoms with Gasteiger partial charge >= 0.3 is 5.97 Å². The molecule has 1 atom stereocenters. The number of nitrogens with two attached hydrogens (primary N) is 1. The van der Waals surface area contributed by atoms with Gasteiger partial charge in [-0.25, -0.2) is 4.79 Å². The summed E-state index contributed by atoms with van der Waals surface area (Å²) in [6, 6.07) is 4.95. The second kappa shape index (κ2) is 5.92. The SMILES string of the molecule is CC(C)CC(C)OC(=O)c1cccc(N)c1Cl. The Hall–Kier alpha value is -1.22. The van der Waals surface area contributed by atoms with Crippen LogP contribution in [0.15, 0.2) is 18.2 Å². The third-order valence-electron chi connectivity index (χ3n) is 2.36. The maximum Gasteiger partial charge on any atom is 0.339 e. The number of benzene rings is 1. The average molecular weight is 256 g/mol. The van der Waals surface area contributed by atoms with Crippen LogP contribution in [0.1, 0.15) is 37.6 Å². The molecule has 0 aromatic heterocycles. The first-order valence-corrected chi connectivity index (χ1v) is 6.04. The van der Waals surface area contributed by atoms with Crippen molar-refractivity contribution in [2.24, 2.45) is 5.92 Å². The van der Waals surface area contributed by atoms with Crippen molar-refractivity contribution in [2.45, 2.75) is 33.3 Å². The zero-order valence-corrected chi connectivity index (χ0v) is 11.1. The van der Waals surface area contributed by atoms with Gasteiger partial charge in [0.25, 0.3) is 0 Å². The highest BCUT2D eigenvalue weighted by molar-refractivity contribution is 6.36. The van der Waals surface area contributed by atoms with Gasteiger partial charge in [-0.1, -0.05) is 31.5 Å². The molecule has 0 bridgehead atoms. The van der Waals surface area contributed by atoms with E-state index < -0.39 is 5.97 Å². The van der Waals surface area contributed by atoms with Crippen molar-refractivity contribution >= 4 is 23.3 Å². The van der Waals surface area contributed by atoms with Crippen LogP contribution in [-0.4, -0.2) is 12.1 Å². The van der Waals surface area contributed by atoms with Crippen LogP contribution in [0, 0.1) is 5.92 Å². The lowest BCUT2D eigenvalue weighted by Crippen LogP contribution is -2.17. The van der Waals surface area contributed by atoms with Crippen LogP contribution in [0.4, 0.5) is 5.69 Å². The van der Waals surface area contributed by atoms with Crippen LogP contribution in [0.5, 0.6) is 0 Å². The number of carbonyl (C=O) groups excluding carboxylic acids is 1. The summed E-state index contributed by atoms with van der Waals surface area (Å²) in [6.45, 7) is 6.04. The van der Waals surface area contributed by atoms with E-state index in [1.165, 1.54) is 0 Å². The Kier molecular flexibility index (Phi) is 4.82. The first-order valence-electron chi connectivity index (χ1n) is 5.66. The van der Waals surface area contributed by atoms with Crippen molar-refractivity contribution in [3.8, 4) is 0 Å². The van der Waals surface area contributed by atoms with Gasteiger partial charge in [0.05, 0.1) is 22.4 Å². The van der Waals surface area contributed by atoms with Crippen molar-refractivity contribution < 1.29 is 9.53 Å². The summed E-state index contributed by atoms with van der Waals surface area (Å²) in [5.74, 6) is 0.0598. The fourth-order valence-corrected chi connectivity index (χ4v) is 1.87. The molecule has 3 nitrogen and oxygen atoms in total. The normalized spacial score (nSPS) is 12.5. The highest BCUT2D eigenvalue weighted by Crippen LogP contribution is 2.24. The van der Waals surface area contributed by atoms with E-state index in [-0.39, 0.29) is 11.1 Å². The minimum atomic E-state index is -0.421. The van der Waals surface area contributed by atoms with Gasteiger partial charge in [0, 0.05) is 0 Å². The fraction of sp³-hybridized carbons (Fsp3) is 0.462. The standard InChI is InChI=1S/C13H18ClNO2/c1-8(2)7-9(3)17-13(16)10-5-4-6-11(15)12(10)14/h4-6,8-9H,7,15H2,1-3H3. The number of rotatable bonds is 4. The fourth-order valence-electron chi connectivity index (χ4n) is 1.67. The molecule has 2 N–H and O–H groups in total. The lowest BCUT2D eigenvalue weighted by Gasteiger charge is -2.15. The van der Waals surface area contributed by atoms with Gasteiger partial charge in [0.1, 0.15) is 0 Å². The Morgan fingerprint density at radius 2 is 2.06 bits per heavy atom. The third kappa shape index (κ3) is 3.93. The van der Waals surface area contributed by atoms with E-state index in [2.05, 4.69) is 13.8 Å². The minimum Gasteiger partial charge on any atom is -0.459 e. The molecule has 1 rings (SSSR count). The first kappa shape index (κ1) is 13.8. The van der Waals surface area contributed by atoms with Gasteiger partial charge < -0.3 is 10.5 Å². The number of carbonyl (C=O) groups is 1. The number of halogens is 1. The molecule has 0 fully saturated rings. The third-order valence-corrected chi connectivity index (χ3v) is 2.78. The maximum atomic E-state index is 11.8. The minimum absolute atomic E-state index is 0.125. The number of hydrogen-bond donors (Lipinski definition) is 1. The van der Waals surface area contributed by atoms with Gasteiger partial charge in [-0.15, -0.1) is 0 Å². The number of hydrogen-bond acceptors (Lipinski definition) is 3. The molecule has 0 spiro atoms. The topological polar surface area (TPSA) is 52.3 Å². The monoisotopic (exact) mass is 255 g/mol. The molecule has 1 aromatic rings. The van der Waals surface area contributed by atoms with E-state index in [1.54, 1.807) is 18.2 Å². The molecule has 1 aromatic carbocycles. The van der Waals surface area contributed by atoms with E-state index in [1.807, 2.05) is 6.92 Å². The molecule has 94 valence electrons. The predicted molar refractivity (Wildman–Crippen MR) is 70.2 cm³/mol. The Morgan fingerprint density at radius 3 is 2.65 bits per heavy atom. The highest BCUT2D eigenvalue weighted by atomic mass is 35.5. The van der Waals surface area contributed by atoms with Crippen molar-refractivity contribution in [3.63, 3.8) is 0 Å². The maximum absolute atomic E-state index is 11.8. The smallest absolute Gasteiger partial charge is 0.339 e. The average Bonchev–Trinajstić information content (AvgIpc) is 2.20. The molecule has 0 aliphatic heterocycles. The molecule has 0 amide bonds. The van der Waals surface area contributed by atoms with E-state index >= 15 is 0 Å². The molecule has 0 aliphatic carbocycles. The molecule has 0 saturated carbocycles. The second-order valence-electron chi connectivity index (χ2n) is 4.55. The molecule has 0 radical (unpaired) electrons. The second-order valence-corrected chi connectivity index (χ2v) is 4.93. The van der Waals surface area contributed by atoms with E-state index in [4.69, 9.17) is 22.1 Å². The summed E-state index contributed by atoms with van der Waals surface area (Å²) >= 11 is 5.95. The van der Waals surface area contributed by atoms with Gasteiger partial charge in [0.2, 0.25) is 0 Å². The molecular weight excluding hydrogens is 238 g/mol. The lowest BCUT2D eigenvalue weighted by molar-refractivity contribution is 0.0300. The zero-order valence-electron chi connectivity index (χ0n) is 10.4. The quantitative estimate of drug-likeness (QED) is 0.662. The number of ether oxygens (including phenoxy) is 1. The highest BCUT2D eigenvalue weighted by Gasteiger charge is 2.16. The molecular formula is C13H18ClNO2. The van der Waals surface area contributed by atoms with Gasteiger partial charge in [-0.2, -0.15) is 0 Å². The Labute approximate surface area is 107 Å². The summed E-state index contributed by atoms with van der Waals surface area (Å²) in [5.41, 5.74) is 6.34. The van der Waals surface area contributed by atoms with E-state index in [0.29, 0.717) is 17.2 Å². The Balaban J connectivity index is 2.73. The summed E-state index contributed by atoms with van der Waals surface area (Å²) in [5, 5.41) is 0.259. The van der Waals surface area contributed by atoms with Crippen LogP contribution < -0.4 is 5.73 Å². The van der Waals surface area contributed by atoms with Crippen LogP contribution in [-0.2, 0) is 4.74 Å². The molecule has 1 unspecified atom stereocenters. The number of nitrogen functional groups attached to an aromatic ring is 1. The number of esters is 1. The summed E-state index contributed by atoms with van der Waals surface area (Å²) < 4.78 is 5.30. The molecule has 0 saturated heterocycles. The largest absolute Gasteiger partial charge is 0.459 e. The van der Waals surface area contributed by atoms with Crippen molar-refractivity contribution in [2.75, 3.05) is 5.73 Å². The van der Waals surface area contributed by atoms with Crippen molar-refractivity contribution in [3.05, 3.63) is 28.8 Å². The van der Waals surface area contributed by atoms with Gasteiger partial charge in [0.15, 0.2) is 0 Å². The van der Waals surface area contributed by atoms with Crippen molar-refractivity contribution in [1.82, 2.24) is 0 Å². The van der Waals surface area contributed by atoms with Crippen LogP contribution in [0.2, 0.25) is 5.02 Å². The molecule has 4 heteroatoms. The molecule has 0 aliphatic rings. The zero-order chi connectivity index (χ0) is 13.0. The van der Waals surface area contributed by atoms with Crippen LogP contribution >= 0.6 is 11.6 Å². The van der Waals surface area contributed by atoms with E-state index in [9.17, 15) is 4.79 Å². The first-order chi connectivity index (χ1) is 7.91. The van der Waals surface area contributed by atoms with Crippen LogP contribution in [0.3, 0.4) is 0 Å². The predicted octanol–water partition coefficient (Wildman–Crippen LogP) is 3.51. The molecule has 17 heavy (non-hydrogen) atoms. The van der Waals surface area contributed by atoms with Gasteiger partial charge in [-0.3, -0.25) is 0 Å². The summed E-state index contributed by atoms with van der Waals surface area (Å²) in [4.78, 5) is 11.8. The summed E-state index contributed by atoms with van der Waals surface area (Å²) in [6.07, 6.45) is 0.700. The van der Waals surface area contributed by atoms with Crippen LogP contribution in [0.25, 0.3) is 0 Å². The Bertz CT molecular complexity index is 404. The number of anilines is 1. The van der Waals surface area contributed by atoms with Crippen molar-refractivity contribution in [1.29, 1.82) is 0 Å². The molecule has 0 heterocycles.